The Hall–Kier alpha value is -2.68. The van der Waals surface area contributed by atoms with Crippen molar-refractivity contribution in [2.45, 2.75) is 50.5 Å². The molecule has 0 heterocycles. The number of nitrogens with one attached hydrogen (secondary N) is 1. The molecule has 1 amide bonds. The standard InChI is InChI=1S/C22H28FNO6S/c1-16(2)14-31(28,29)21(3,19(25)26)15-22(11-9-18(23)10-12-22)24-20(27)30-13-17-7-5-4-6-8-17/h4-11,16H,12-15H2,1-3H3,(H,24,27)(H,25,26). The Labute approximate surface area is 181 Å². The van der Waals surface area contributed by atoms with Gasteiger partial charge in [-0.3, -0.25) is 4.79 Å². The number of benzene rings is 1. The SMILES string of the molecule is CC(C)CS(=O)(=O)C(C)(CC1(NC(=O)OCc2ccccc2)C=CC(F)=CC1)C(=O)O. The number of carboxylic acid groups (broad SMARTS) is 1. The zero-order valence-electron chi connectivity index (χ0n) is 17.8. The zero-order valence-corrected chi connectivity index (χ0v) is 18.6. The van der Waals surface area contributed by atoms with Crippen LogP contribution in [-0.4, -0.2) is 41.6 Å². The van der Waals surface area contributed by atoms with Gasteiger partial charge in [-0.15, -0.1) is 0 Å². The van der Waals surface area contributed by atoms with Crippen LogP contribution in [0.15, 0.2) is 54.4 Å². The van der Waals surface area contributed by atoms with Gasteiger partial charge in [0, 0.05) is 6.42 Å². The van der Waals surface area contributed by atoms with E-state index in [1.807, 2.05) is 6.07 Å². The van der Waals surface area contributed by atoms with Crippen molar-refractivity contribution in [2.24, 2.45) is 5.92 Å². The molecule has 0 spiro atoms. The number of carbonyl (C=O) groups excluding carboxylic acids is 1. The van der Waals surface area contributed by atoms with E-state index < -0.39 is 44.4 Å². The largest absolute Gasteiger partial charge is 0.480 e. The maximum Gasteiger partial charge on any atom is 0.408 e. The van der Waals surface area contributed by atoms with Gasteiger partial charge >= 0.3 is 12.1 Å². The molecule has 0 aliphatic heterocycles. The van der Waals surface area contributed by atoms with Crippen LogP contribution in [0.25, 0.3) is 0 Å². The van der Waals surface area contributed by atoms with E-state index >= 15 is 0 Å². The molecular formula is C22H28FNO6S. The van der Waals surface area contributed by atoms with E-state index in [0.717, 1.165) is 18.6 Å². The molecule has 9 heteroatoms. The van der Waals surface area contributed by atoms with Gasteiger partial charge in [-0.25, -0.2) is 17.6 Å². The number of sulfone groups is 1. The maximum absolute atomic E-state index is 13.6. The van der Waals surface area contributed by atoms with Crippen LogP contribution in [0, 0.1) is 5.92 Å². The Balaban J connectivity index is 2.29. The molecule has 2 rings (SSSR count). The quantitative estimate of drug-likeness (QED) is 0.589. The Kier molecular flexibility index (Phi) is 7.64. The van der Waals surface area contributed by atoms with Crippen molar-refractivity contribution in [3.63, 3.8) is 0 Å². The van der Waals surface area contributed by atoms with E-state index in [1.54, 1.807) is 38.1 Å². The third kappa shape index (κ3) is 6.16. The van der Waals surface area contributed by atoms with Gasteiger partial charge in [0.1, 0.15) is 12.4 Å². The second-order valence-corrected chi connectivity index (χ2v) is 10.8. The number of aliphatic carboxylic acids is 1. The average Bonchev–Trinajstić information content (AvgIpc) is 2.68. The van der Waals surface area contributed by atoms with E-state index in [4.69, 9.17) is 4.74 Å². The van der Waals surface area contributed by atoms with Gasteiger partial charge in [-0.1, -0.05) is 50.3 Å². The first-order valence-electron chi connectivity index (χ1n) is 9.89. The first-order valence-corrected chi connectivity index (χ1v) is 11.5. The Morgan fingerprint density at radius 3 is 2.45 bits per heavy atom. The highest BCUT2D eigenvalue weighted by atomic mass is 32.2. The molecule has 2 unspecified atom stereocenters. The summed E-state index contributed by atoms with van der Waals surface area (Å²) in [4.78, 5) is 24.6. The van der Waals surface area contributed by atoms with Crippen LogP contribution in [0.1, 0.15) is 39.2 Å². The minimum atomic E-state index is -4.10. The number of hydrogen-bond donors (Lipinski definition) is 2. The summed E-state index contributed by atoms with van der Waals surface area (Å²) in [7, 11) is -4.10. The predicted octanol–water partition coefficient (Wildman–Crippen LogP) is 3.77. The molecule has 0 radical (unpaired) electrons. The van der Waals surface area contributed by atoms with Gasteiger partial charge < -0.3 is 15.2 Å². The van der Waals surface area contributed by atoms with E-state index in [9.17, 15) is 27.5 Å². The van der Waals surface area contributed by atoms with Gasteiger partial charge in [0.2, 0.25) is 0 Å². The van der Waals surface area contributed by atoms with Crippen molar-refractivity contribution in [3.8, 4) is 0 Å². The lowest BCUT2D eigenvalue weighted by Gasteiger charge is -2.38. The number of amides is 1. The number of hydrogen-bond acceptors (Lipinski definition) is 5. The minimum absolute atomic E-state index is 0.0293. The van der Waals surface area contributed by atoms with Crippen LogP contribution in [0.5, 0.6) is 0 Å². The molecule has 0 fully saturated rings. The predicted molar refractivity (Wildman–Crippen MR) is 115 cm³/mol. The molecule has 31 heavy (non-hydrogen) atoms. The van der Waals surface area contributed by atoms with Crippen molar-refractivity contribution >= 4 is 21.9 Å². The second-order valence-electron chi connectivity index (χ2n) is 8.36. The number of halogens is 1. The van der Waals surface area contributed by atoms with Crippen molar-refractivity contribution in [1.82, 2.24) is 5.32 Å². The zero-order chi connectivity index (χ0) is 23.3. The molecule has 0 saturated carbocycles. The summed E-state index contributed by atoms with van der Waals surface area (Å²) >= 11 is 0. The van der Waals surface area contributed by atoms with E-state index in [1.165, 1.54) is 12.2 Å². The van der Waals surface area contributed by atoms with Crippen molar-refractivity contribution < 1.29 is 32.2 Å². The molecule has 1 aromatic rings. The van der Waals surface area contributed by atoms with Crippen molar-refractivity contribution in [1.29, 1.82) is 0 Å². The van der Waals surface area contributed by atoms with Gasteiger partial charge in [0.05, 0.1) is 11.3 Å². The van der Waals surface area contributed by atoms with E-state index in [2.05, 4.69) is 5.32 Å². The van der Waals surface area contributed by atoms with Crippen LogP contribution >= 0.6 is 0 Å². The third-order valence-corrected chi connectivity index (χ3v) is 7.93. The highest BCUT2D eigenvalue weighted by Crippen LogP contribution is 2.36. The average molecular weight is 454 g/mol. The summed E-state index contributed by atoms with van der Waals surface area (Å²) in [6.07, 6.45) is 2.09. The fraction of sp³-hybridized carbons (Fsp3) is 0.455. The van der Waals surface area contributed by atoms with Gasteiger partial charge in [-0.05, 0) is 37.0 Å². The molecular weight excluding hydrogens is 425 g/mol. The normalized spacial score (nSPS) is 20.6. The highest BCUT2D eigenvalue weighted by molar-refractivity contribution is 7.93. The molecule has 1 aliphatic rings. The molecule has 0 bridgehead atoms. The van der Waals surface area contributed by atoms with Gasteiger partial charge in [0.25, 0.3) is 0 Å². The summed E-state index contributed by atoms with van der Waals surface area (Å²) in [5.74, 6) is -2.71. The minimum Gasteiger partial charge on any atom is -0.480 e. The lowest BCUT2D eigenvalue weighted by atomic mass is 9.82. The number of carboxylic acids is 1. The van der Waals surface area contributed by atoms with Crippen molar-refractivity contribution in [2.75, 3.05) is 5.75 Å². The summed E-state index contributed by atoms with van der Waals surface area (Å²) in [5, 5.41) is 12.4. The smallest absolute Gasteiger partial charge is 0.408 e. The van der Waals surface area contributed by atoms with Crippen LogP contribution in [-0.2, 0) is 26.0 Å². The number of allylic oxidation sites excluding steroid dienone is 2. The fourth-order valence-corrected chi connectivity index (χ4v) is 5.42. The fourth-order valence-electron chi connectivity index (χ4n) is 3.43. The summed E-state index contributed by atoms with van der Waals surface area (Å²) < 4.78 is 42.5. The van der Waals surface area contributed by atoms with Crippen molar-refractivity contribution in [3.05, 3.63) is 60.0 Å². The lowest BCUT2D eigenvalue weighted by Crippen LogP contribution is -2.57. The number of alkyl carbamates (subject to hydrolysis) is 1. The number of carbonyl (C=O) groups is 2. The third-order valence-electron chi connectivity index (χ3n) is 5.13. The van der Waals surface area contributed by atoms with Crippen LogP contribution < -0.4 is 5.32 Å². The Bertz CT molecular complexity index is 973. The number of ether oxygens (including phenoxy) is 1. The summed E-state index contributed by atoms with van der Waals surface area (Å²) in [6.45, 7) is 4.44. The molecule has 2 atom stereocenters. The van der Waals surface area contributed by atoms with E-state index in [-0.39, 0.29) is 24.7 Å². The Morgan fingerprint density at radius 1 is 1.29 bits per heavy atom. The summed E-state index contributed by atoms with van der Waals surface area (Å²) in [5.41, 5.74) is -0.702. The monoisotopic (exact) mass is 453 g/mol. The second kappa shape index (κ2) is 9.64. The summed E-state index contributed by atoms with van der Waals surface area (Å²) in [6, 6.07) is 8.92. The molecule has 1 aromatic carbocycles. The highest BCUT2D eigenvalue weighted by Gasteiger charge is 2.52. The van der Waals surface area contributed by atoms with Crippen LogP contribution in [0.2, 0.25) is 0 Å². The molecule has 7 nitrogen and oxygen atoms in total. The van der Waals surface area contributed by atoms with Crippen LogP contribution in [0.3, 0.4) is 0 Å². The van der Waals surface area contributed by atoms with Gasteiger partial charge in [-0.2, -0.15) is 0 Å². The maximum atomic E-state index is 13.6. The molecule has 170 valence electrons. The van der Waals surface area contributed by atoms with Crippen LogP contribution in [0.4, 0.5) is 9.18 Å². The lowest BCUT2D eigenvalue weighted by molar-refractivity contribution is -0.140. The first kappa shape index (κ1) is 24.6. The topological polar surface area (TPSA) is 110 Å². The Morgan fingerprint density at radius 2 is 1.94 bits per heavy atom. The molecule has 2 N–H and O–H groups in total. The molecule has 0 aromatic heterocycles. The number of rotatable bonds is 9. The molecule has 0 saturated heterocycles. The van der Waals surface area contributed by atoms with E-state index in [0.29, 0.717) is 0 Å². The molecule has 1 aliphatic carbocycles. The van der Waals surface area contributed by atoms with Gasteiger partial charge in [0.15, 0.2) is 14.6 Å². The first-order chi connectivity index (χ1) is 14.4.